The van der Waals surface area contributed by atoms with Gasteiger partial charge in [0.2, 0.25) is 0 Å². The first-order valence-electron chi connectivity index (χ1n) is 9.49. The van der Waals surface area contributed by atoms with Crippen molar-refractivity contribution in [2.75, 3.05) is 6.54 Å². The van der Waals surface area contributed by atoms with Crippen LogP contribution in [-0.2, 0) is 11.8 Å². The first-order chi connectivity index (χ1) is 12.6. The maximum Gasteiger partial charge on any atom is 0.407 e. The molecule has 2 N–H and O–H groups in total. The molecule has 9 nitrogen and oxygen atoms in total. The van der Waals surface area contributed by atoms with E-state index in [1.807, 2.05) is 41.7 Å². The Bertz CT molecular complexity index is 654. The number of hydrogen-bond donors (Lipinski definition) is 2. The second kappa shape index (κ2) is 8.58. The number of nitrogens with zero attached hydrogens (tertiary/aromatic N) is 4. The highest BCUT2D eigenvalue weighted by molar-refractivity contribution is 5.75. The molecular weight excluding hydrogens is 348 g/mol. The van der Waals surface area contributed by atoms with Gasteiger partial charge in [-0.05, 0) is 53.9 Å². The number of amides is 3. The van der Waals surface area contributed by atoms with Crippen molar-refractivity contribution in [2.45, 2.75) is 77.6 Å². The van der Waals surface area contributed by atoms with E-state index in [9.17, 15) is 9.59 Å². The molecule has 1 aromatic heterocycles. The number of nitrogens with one attached hydrogen (secondary N) is 2. The van der Waals surface area contributed by atoms with E-state index in [1.54, 1.807) is 15.8 Å². The number of aromatic nitrogens is 3. The molecule has 152 valence electrons. The summed E-state index contributed by atoms with van der Waals surface area (Å²) in [5.74, 6) is 0.692. The van der Waals surface area contributed by atoms with Gasteiger partial charge in [-0.1, -0.05) is 0 Å². The van der Waals surface area contributed by atoms with Crippen molar-refractivity contribution in [3.8, 4) is 0 Å². The van der Waals surface area contributed by atoms with Crippen molar-refractivity contribution in [2.24, 2.45) is 7.05 Å². The van der Waals surface area contributed by atoms with E-state index >= 15 is 0 Å². The molecule has 2 rings (SSSR count). The average Bonchev–Trinajstić information content (AvgIpc) is 2.99. The molecule has 1 aliphatic rings. The number of urea groups is 1. The van der Waals surface area contributed by atoms with Gasteiger partial charge in [0, 0.05) is 19.6 Å². The lowest BCUT2D eigenvalue weighted by molar-refractivity contribution is 0.0461. The number of ether oxygens (including phenoxy) is 1. The molecule has 0 bridgehead atoms. The quantitative estimate of drug-likeness (QED) is 0.835. The molecule has 0 saturated carbocycles. The Balaban J connectivity index is 1.99. The molecule has 0 spiro atoms. The van der Waals surface area contributed by atoms with Gasteiger partial charge in [-0.25, -0.2) is 9.59 Å². The number of likely N-dealkylation sites (tertiary alicyclic amines) is 1. The van der Waals surface area contributed by atoms with Crippen molar-refractivity contribution < 1.29 is 14.3 Å². The fraction of sp³-hybridized carbons (Fsp3) is 0.778. The maximum absolute atomic E-state index is 12.9. The summed E-state index contributed by atoms with van der Waals surface area (Å²) >= 11 is 0. The molecule has 0 aliphatic carbocycles. The van der Waals surface area contributed by atoms with E-state index < -0.39 is 11.7 Å². The van der Waals surface area contributed by atoms with Crippen LogP contribution in [-0.4, -0.2) is 56.0 Å². The molecule has 0 unspecified atom stereocenters. The van der Waals surface area contributed by atoms with Gasteiger partial charge in [-0.2, -0.15) is 0 Å². The SMILES string of the molecule is C[C@H](NC(=O)N1CCCC[C@H]1[C@@H](C)NC(=O)OC(C)(C)C)c1nncn1C. The van der Waals surface area contributed by atoms with Crippen molar-refractivity contribution in [3.05, 3.63) is 12.2 Å². The monoisotopic (exact) mass is 380 g/mol. The lowest BCUT2D eigenvalue weighted by Crippen LogP contribution is -2.57. The summed E-state index contributed by atoms with van der Waals surface area (Å²) in [7, 11) is 1.84. The lowest BCUT2D eigenvalue weighted by atomic mass is 9.97. The van der Waals surface area contributed by atoms with Gasteiger partial charge < -0.3 is 24.8 Å². The zero-order valence-corrected chi connectivity index (χ0v) is 17.2. The Kier molecular flexibility index (Phi) is 6.67. The topological polar surface area (TPSA) is 101 Å². The molecular formula is C18H32N6O3. The summed E-state index contributed by atoms with van der Waals surface area (Å²) in [5, 5.41) is 13.8. The number of rotatable bonds is 4. The van der Waals surface area contributed by atoms with Crippen LogP contribution in [0, 0.1) is 0 Å². The van der Waals surface area contributed by atoms with Gasteiger partial charge >= 0.3 is 12.1 Å². The fourth-order valence-corrected chi connectivity index (χ4v) is 3.34. The summed E-state index contributed by atoms with van der Waals surface area (Å²) in [6, 6.07) is -0.719. The second-order valence-electron chi connectivity index (χ2n) is 8.16. The highest BCUT2D eigenvalue weighted by Gasteiger charge is 2.33. The van der Waals surface area contributed by atoms with Crippen molar-refractivity contribution in [1.29, 1.82) is 0 Å². The third kappa shape index (κ3) is 5.83. The molecule has 1 aromatic rings. The number of carbonyl (C=O) groups is 2. The highest BCUT2D eigenvalue weighted by Crippen LogP contribution is 2.21. The molecule has 1 fully saturated rings. The standard InChI is InChI=1S/C18H32N6O3/c1-12(21-17(26)27-18(3,4)5)14-9-7-8-10-24(14)16(25)20-13(2)15-22-19-11-23(15)6/h11-14H,7-10H2,1-6H3,(H,20,25)(H,21,26)/t12-,13+,14+/m1/s1. The molecule has 2 heterocycles. The Morgan fingerprint density at radius 3 is 2.56 bits per heavy atom. The molecule has 0 radical (unpaired) electrons. The molecule has 1 aliphatic heterocycles. The van der Waals surface area contributed by atoms with Crippen molar-refractivity contribution in [3.63, 3.8) is 0 Å². The average molecular weight is 380 g/mol. The van der Waals surface area contributed by atoms with Gasteiger partial charge in [-0.3, -0.25) is 0 Å². The minimum absolute atomic E-state index is 0.0852. The molecule has 9 heteroatoms. The maximum atomic E-state index is 12.9. The molecule has 1 saturated heterocycles. The largest absolute Gasteiger partial charge is 0.444 e. The van der Waals surface area contributed by atoms with Gasteiger partial charge in [0.25, 0.3) is 0 Å². The van der Waals surface area contributed by atoms with Gasteiger partial charge in [0.05, 0.1) is 12.1 Å². The van der Waals surface area contributed by atoms with Crippen LogP contribution in [0.15, 0.2) is 6.33 Å². The molecule has 27 heavy (non-hydrogen) atoms. The van der Waals surface area contributed by atoms with Crippen LogP contribution in [0.25, 0.3) is 0 Å². The molecule has 3 atom stereocenters. The third-order valence-electron chi connectivity index (χ3n) is 4.61. The first-order valence-corrected chi connectivity index (χ1v) is 9.49. The summed E-state index contributed by atoms with van der Waals surface area (Å²) in [5.41, 5.74) is -0.557. The minimum Gasteiger partial charge on any atom is -0.444 e. The number of aryl methyl sites for hydroxylation is 1. The van der Waals surface area contributed by atoms with E-state index in [2.05, 4.69) is 20.8 Å². The van der Waals surface area contributed by atoms with Crippen molar-refractivity contribution in [1.82, 2.24) is 30.3 Å². The smallest absolute Gasteiger partial charge is 0.407 e. The highest BCUT2D eigenvalue weighted by atomic mass is 16.6. The minimum atomic E-state index is -0.557. The Morgan fingerprint density at radius 1 is 1.26 bits per heavy atom. The second-order valence-corrected chi connectivity index (χ2v) is 8.16. The summed E-state index contributed by atoms with van der Waals surface area (Å²) in [6.45, 7) is 9.92. The number of carbonyl (C=O) groups excluding carboxylic acids is 2. The lowest BCUT2D eigenvalue weighted by Gasteiger charge is -2.39. The van der Waals surface area contributed by atoms with Gasteiger partial charge in [0.1, 0.15) is 11.9 Å². The predicted molar refractivity (Wildman–Crippen MR) is 101 cm³/mol. The van der Waals surface area contributed by atoms with Crippen LogP contribution in [0.1, 0.15) is 65.7 Å². The van der Waals surface area contributed by atoms with Gasteiger partial charge in [-0.15, -0.1) is 10.2 Å². The number of piperidine rings is 1. The summed E-state index contributed by atoms with van der Waals surface area (Å²) in [6.07, 6.45) is 3.94. The van der Waals surface area contributed by atoms with Crippen LogP contribution in [0.2, 0.25) is 0 Å². The Morgan fingerprint density at radius 2 is 1.96 bits per heavy atom. The predicted octanol–water partition coefficient (Wildman–Crippen LogP) is 2.35. The van der Waals surface area contributed by atoms with Crippen LogP contribution in [0.5, 0.6) is 0 Å². The zero-order valence-electron chi connectivity index (χ0n) is 17.2. The van der Waals surface area contributed by atoms with Crippen LogP contribution in [0.4, 0.5) is 9.59 Å². The van der Waals surface area contributed by atoms with Gasteiger partial charge in [0.15, 0.2) is 5.82 Å². The number of hydrogen-bond acceptors (Lipinski definition) is 5. The molecule has 3 amide bonds. The van der Waals surface area contributed by atoms with Crippen LogP contribution in [0.3, 0.4) is 0 Å². The van der Waals surface area contributed by atoms with E-state index in [0.29, 0.717) is 12.4 Å². The van der Waals surface area contributed by atoms with E-state index in [1.165, 1.54) is 0 Å². The first kappa shape index (κ1) is 21.0. The Labute approximate surface area is 160 Å². The zero-order chi connectivity index (χ0) is 20.2. The van der Waals surface area contributed by atoms with Crippen LogP contribution < -0.4 is 10.6 Å². The molecule has 0 aromatic carbocycles. The summed E-state index contributed by atoms with van der Waals surface area (Å²) < 4.78 is 7.12. The normalized spacial score (nSPS) is 19.9. The van der Waals surface area contributed by atoms with Crippen molar-refractivity contribution >= 4 is 12.1 Å². The third-order valence-corrected chi connectivity index (χ3v) is 4.61. The van der Waals surface area contributed by atoms with E-state index in [0.717, 1.165) is 19.3 Å². The van der Waals surface area contributed by atoms with E-state index in [-0.39, 0.29) is 24.2 Å². The Hall–Kier alpha value is -2.32. The fourth-order valence-electron chi connectivity index (χ4n) is 3.34. The van der Waals surface area contributed by atoms with E-state index in [4.69, 9.17) is 4.74 Å². The summed E-state index contributed by atoms with van der Waals surface area (Å²) in [4.78, 5) is 26.8. The number of alkyl carbamates (subject to hydrolysis) is 1. The van der Waals surface area contributed by atoms with Crippen LogP contribution >= 0.6 is 0 Å².